The van der Waals surface area contributed by atoms with Crippen molar-refractivity contribution in [2.75, 3.05) is 30.8 Å². The Bertz CT molecular complexity index is 766. The highest BCUT2D eigenvalue weighted by Crippen LogP contribution is 2.29. The van der Waals surface area contributed by atoms with Crippen molar-refractivity contribution in [3.05, 3.63) is 57.5 Å². The summed E-state index contributed by atoms with van der Waals surface area (Å²) in [6, 6.07) is 11.7. The molecule has 0 aromatic heterocycles. The predicted molar refractivity (Wildman–Crippen MR) is 103 cm³/mol. The van der Waals surface area contributed by atoms with Crippen molar-refractivity contribution < 1.29 is 9.59 Å². The van der Waals surface area contributed by atoms with Crippen molar-refractivity contribution in [1.29, 1.82) is 0 Å². The molecule has 0 saturated heterocycles. The van der Waals surface area contributed by atoms with Crippen LogP contribution in [0.25, 0.3) is 0 Å². The maximum atomic E-state index is 12.1. The predicted octanol–water partition coefficient (Wildman–Crippen LogP) is 4.16. The van der Waals surface area contributed by atoms with Crippen molar-refractivity contribution in [3.8, 4) is 0 Å². The molecule has 0 spiro atoms. The van der Waals surface area contributed by atoms with E-state index in [-0.39, 0.29) is 29.9 Å². The van der Waals surface area contributed by atoms with Crippen molar-refractivity contribution in [2.45, 2.75) is 0 Å². The summed E-state index contributed by atoms with van der Waals surface area (Å²) < 4.78 is 0. The van der Waals surface area contributed by atoms with Gasteiger partial charge in [-0.2, -0.15) is 0 Å². The SMILES string of the molecule is CN(CC(=O)Nc1ccc(Cl)cc1)CC(=O)Nc1cccc(Cl)c1Cl. The number of nitrogens with zero attached hydrogens (tertiary/aromatic N) is 1. The molecule has 5 nitrogen and oxygen atoms in total. The van der Waals surface area contributed by atoms with Crippen LogP contribution in [0.3, 0.4) is 0 Å². The fourth-order valence-corrected chi connectivity index (χ4v) is 2.54. The van der Waals surface area contributed by atoms with Crippen molar-refractivity contribution >= 4 is 58.0 Å². The highest BCUT2D eigenvalue weighted by molar-refractivity contribution is 6.44. The molecule has 2 N–H and O–H groups in total. The molecule has 0 atom stereocenters. The Hall–Kier alpha value is -1.79. The van der Waals surface area contributed by atoms with Gasteiger partial charge in [0.05, 0.1) is 28.8 Å². The number of carbonyl (C=O) groups is 2. The Kier molecular flexibility index (Phi) is 7.08. The molecule has 0 saturated carbocycles. The lowest BCUT2D eigenvalue weighted by atomic mass is 10.3. The van der Waals surface area contributed by atoms with Crippen LogP contribution in [-0.2, 0) is 9.59 Å². The van der Waals surface area contributed by atoms with E-state index in [9.17, 15) is 9.59 Å². The first-order valence-electron chi connectivity index (χ1n) is 7.33. The number of hydrogen-bond acceptors (Lipinski definition) is 3. The summed E-state index contributed by atoms with van der Waals surface area (Å²) in [7, 11) is 1.67. The zero-order valence-electron chi connectivity index (χ0n) is 13.4. The molecule has 0 bridgehead atoms. The van der Waals surface area contributed by atoms with Gasteiger partial charge in [-0.25, -0.2) is 0 Å². The molecule has 0 aliphatic rings. The highest BCUT2D eigenvalue weighted by atomic mass is 35.5. The van der Waals surface area contributed by atoms with Gasteiger partial charge in [-0.3, -0.25) is 14.5 Å². The molecule has 25 heavy (non-hydrogen) atoms. The van der Waals surface area contributed by atoms with Crippen LogP contribution in [0.4, 0.5) is 11.4 Å². The summed E-state index contributed by atoms with van der Waals surface area (Å²) in [5.74, 6) is -0.538. The van der Waals surface area contributed by atoms with Crippen molar-refractivity contribution in [1.82, 2.24) is 4.90 Å². The topological polar surface area (TPSA) is 61.4 Å². The molecule has 2 rings (SSSR count). The summed E-state index contributed by atoms with van der Waals surface area (Å²) in [6.07, 6.45) is 0. The van der Waals surface area contributed by atoms with Crippen LogP contribution >= 0.6 is 34.8 Å². The largest absolute Gasteiger partial charge is 0.325 e. The van der Waals surface area contributed by atoms with Gasteiger partial charge in [-0.1, -0.05) is 40.9 Å². The van der Waals surface area contributed by atoms with Gasteiger partial charge in [-0.05, 0) is 43.4 Å². The molecule has 0 aliphatic heterocycles. The third-order valence-corrected chi connectivity index (χ3v) is 4.25. The maximum absolute atomic E-state index is 12.1. The van der Waals surface area contributed by atoms with Crippen LogP contribution in [0.15, 0.2) is 42.5 Å². The first-order chi connectivity index (χ1) is 11.8. The third-order valence-electron chi connectivity index (χ3n) is 3.18. The number of carbonyl (C=O) groups excluding carboxylic acids is 2. The van der Waals surface area contributed by atoms with Crippen LogP contribution < -0.4 is 10.6 Å². The number of halogens is 3. The van der Waals surface area contributed by atoms with Gasteiger partial charge in [0.2, 0.25) is 11.8 Å². The van der Waals surface area contributed by atoms with E-state index < -0.39 is 0 Å². The minimum atomic E-state index is -0.300. The molecule has 0 radical (unpaired) electrons. The first kappa shape index (κ1) is 19.5. The molecule has 0 unspecified atom stereocenters. The Labute approximate surface area is 160 Å². The summed E-state index contributed by atoms with van der Waals surface area (Å²) >= 11 is 17.7. The Morgan fingerprint density at radius 1 is 0.920 bits per heavy atom. The number of rotatable bonds is 6. The van der Waals surface area contributed by atoms with Gasteiger partial charge in [-0.15, -0.1) is 0 Å². The number of amides is 2. The van der Waals surface area contributed by atoms with Gasteiger partial charge in [0, 0.05) is 10.7 Å². The van der Waals surface area contributed by atoms with Gasteiger partial charge in [0.1, 0.15) is 0 Å². The number of hydrogen-bond donors (Lipinski definition) is 2. The molecule has 0 heterocycles. The lowest BCUT2D eigenvalue weighted by molar-refractivity contribution is -0.119. The average molecular weight is 401 g/mol. The zero-order valence-corrected chi connectivity index (χ0v) is 15.6. The van der Waals surface area contributed by atoms with Gasteiger partial charge in [0.25, 0.3) is 0 Å². The van der Waals surface area contributed by atoms with E-state index in [1.54, 1.807) is 54.4 Å². The lowest BCUT2D eigenvalue weighted by Gasteiger charge is -2.16. The zero-order chi connectivity index (χ0) is 18.4. The summed E-state index contributed by atoms with van der Waals surface area (Å²) in [5, 5.41) is 6.62. The minimum absolute atomic E-state index is 0.0247. The third kappa shape index (κ3) is 6.21. The quantitative estimate of drug-likeness (QED) is 0.765. The van der Waals surface area contributed by atoms with E-state index in [0.717, 1.165) is 0 Å². The first-order valence-corrected chi connectivity index (χ1v) is 8.46. The Morgan fingerprint density at radius 3 is 2.16 bits per heavy atom. The molecular formula is C17H16Cl3N3O2. The molecule has 2 aromatic rings. The van der Waals surface area contributed by atoms with E-state index in [0.29, 0.717) is 21.4 Å². The van der Waals surface area contributed by atoms with Crippen molar-refractivity contribution in [3.63, 3.8) is 0 Å². The van der Waals surface area contributed by atoms with Crippen LogP contribution in [0, 0.1) is 0 Å². The normalized spacial score (nSPS) is 10.6. The molecule has 2 amide bonds. The van der Waals surface area contributed by atoms with E-state index >= 15 is 0 Å². The van der Waals surface area contributed by atoms with E-state index in [1.165, 1.54) is 0 Å². The average Bonchev–Trinajstić information content (AvgIpc) is 2.53. The fourth-order valence-electron chi connectivity index (χ4n) is 2.07. The number of nitrogens with one attached hydrogen (secondary N) is 2. The summed E-state index contributed by atoms with van der Waals surface area (Å²) in [6.45, 7) is 0.0796. The van der Waals surface area contributed by atoms with Crippen LogP contribution in [0.5, 0.6) is 0 Å². The van der Waals surface area contributed by atoms with Gasteiger partial charge in [0.15, 0.2) is 0 Å². The fraction of sp³-hybridized carbons (Fsp3) is 0.176. The lowest BCUT2D eigenvalue weighted by Crippen LogP contribution is -2.36. The Balaban J connectivity index is 1.83. The maximum Gasteiger partial charge on any atom is 0.238 e. The van der Waals surface area contributed by atoms with E-state index in [4.69, 9.17) is 34.8 Å². The standard InChI is InChI=1S/C17H16Cl3N3O2/c1-23(9-15(24)21-12-7-5-11(18)6-8-12)10-16(25)22-14-4-2-3-13(19)17(14)20/h2-8H,9-10H2,1H3,(H,21,24)(H,22,25). The van der Waals surface area contributed by atoms with E-state index in [1.807, 2.05) is 0 Å². The molecule has 2 aromatic carbocycles. The van der Waals surface area contributed by atoms with Crippen LogP contribution in [0.1, 0.15) is 0 Å². The molecule has 8 heteroatoms. The van der Waals surface area contributed by atoms with Gasteiger partial charge < -0.3 is 10.6 Å². The second kappa shape index (κ2) is 9.06. The minimum Gasteiger partial charge on any atom is -0.325 e. The monoisotopic (exact) mass is 399 g/mol. The molecule has 0 fully saturated rings. The second-order valence-electron chi connectivity index (χ2n) is 5.38. The highest BCUT2D eigenvalue weighted by Gasteiger charge is 2.13. The van der Waals surface area contributed by atoms with Crippen LogP contribution in [0.2, 0.25) is 15.1 Å². The Morgan fingerprint density at radius 2 is 1.52 bits per heavy atom. The summed E-state index contributed by atoms with van der Waals surface area (Å²) in [5.41, 5.74) is 1.07. The molecular weight excluding hydrogens is 385 g/mol. The molecule has 132 valence electrons. The number of anilines is 2. The smallest absolute Gasteiger partial charge is 0.238 e. The summed E-state index contributed by atoms with van der Waals surface area (Å²) in [4.78, 5) is 25.6. The molecule has 0 aliphatic carbocycles. The number of likely N-dealkylation sites (N-methyl/N-ethyl adjacent to an activating group) is 1. The second-order valence-corrected chi connectivity index (χ2v) is 6.60. The number of benzene rings is 2. The van der Waals surface area contributed by atoms with Gasteiger partial charge >= 0.3 is 0 Å². The van der Waals surface area contributed by atoms with E-state index in [2.05, 4.69) is 10.6 Å². The van der Waals surface area contributed by atoms with Crippen LogP contribution in [-0.4, -0.2) is 36.9 Å². The van der Waals surface area contributed by atoms with Crippen molar-refractivity contribution in [2.24, 2.45) is 0 Å².